The fraction of sp³-hybridized carbons (Fsp3) is 0.500. The van der Waals surface area contributed by atoms with E-state index in [-0.39, 0.29) is 11.2 Å². The fourth-order valence-corrected chi connectivity index (χ4v) is 2.94. The molecule has 4 atom stereocenters. The molecule has 120 valence electrons. The van der Waals surface area contributed by atoms with Gasteiger partial charge in [-0.2, -0.15) is 0 Å². The molecule has 11 nitrogen and oxygen atoms in total. The predicted molar refractivity (Wildman–Crippen MR) is 69.7 cm³/mol. The molecule has 22 heavy (non-hydrogen) atoms. The topological polar surface area (TPSA) is 174 Å². The van der Waals surface area contributed by atoms with Gasteiger partial charge in [0.2, 0.25) is 5.03 Å². The van der Waals surface area contributed by atoms with Crippen molar-refractivity contribution >= 4 is 21.2 Å². The Morgan fingerprint density at radius 2 is 2.00 bits per heavy atom. The van der Waals surface area contributed by atoms with Gasteiger partial charge < -0.3 is 20.1 Å². The van der Waals surface area contributed by atoms with Crippen molar-refractivity contribution in [1.82, 2.24) is 19.5 Å². The van der Waals surface area contributed by atoms with E-state index in [1.807, 2.05) is 0 Å². The molecule has 0 amide bonds. The van der Waals surface area contributed by atoms with Crippen molar-refractivity contribution in [3.8, 4) is 0 Å². The lowest BCUT2D eigenvalue weighted by Gasteiger charge is -2.16. The van der Waals surface area contributed by atoms with Crippen molar-refractivity contribution in [2.24, 2.45) is 5.14 Å². The Balaban J connectivity index is 2.11. The summed E-state index contributed by atoms with van der Waals surface area (Å²) in [5.74, 6) is 0. The first-order valence-electron chi connectivity index (χ1n) is 6.17. The van der Waals surface area contributed by atoms with Gasteiger partial charge in [0.05, 0.1) is 12.9 Å². The van der Waals surface area contributed by atoms with E-state index < -0.39 is 46.2 Å². The number of hydrogen-bond acceptors (Lipinski definition) is 9. The van der Waals surface area contributed by atoms with E-state index >= 15 is 0 Å². The molecular formula is C10H13N5O6S. The molecule has 3 rings (SSSR count). The molecule has 1 saturated heterocycles. The molecule has 1 fully saturated rings. The number of aliphatic hydroxyl groups is 3. The Labute approximate surface area is 124 Å². The molecule has 0 radical (unpaired) electrons. The summed E-state index contributed by atoms with van der Waals surface area (Å²) in [6.07, 6.45) is -2.53. The maximum Gasteiger partial charge on any atom is 0.257 e. The number of aliphatic hydroxyl groups excluding tert-OH is 3. The first kappa shape index (κ1) is 15.2. The van der Waals surface area contributed by atoms with Gasteiger partial charge in [0.25, 0.3) is 10.0 Å². The number of imidazole rings is 1. The summed E-state index contributed by atoms with van der Waals surface area (Å²) < 4.78 is 29.5. The lowest BCUT2D eigenvalue weighted by Crippen LogP contribution is -2.33. The van der Waals surface area contributed by atoms with Gasteiger partial charge in [-0.25, -0.2) is 28.5 Å². The number of ether oxygens (including phenoxy) is 1. The number of hydrogen-bond donors (Lipinski definition) is 4. The minimum atomic E-state index is -4.10. The van der Waals surface area contributed by atoms with Gasteiger partial charge in [-0.05, 0) is 0 Å². The van der Waals surface area contributed by atoms with Crippen molar-refractivity contribution in [2.75, 3.05) is 6.61 Å². The van der Waals surface area contributed by atoms with E-state index in [2.05, 4.69) is 15.0 Å². The van der Waals surface area contributed by atoms with Gasteiger partial charge in [0, 0.05) is 0 Å². The number of sulfonamides is 1. The highest BCUT2D eigenvalue weighted by Gasteiger charge is 2.44. The summed E-state index contributed by atoms with van der Waals surface area (Å²) in [6.45, 7) is -0.487. The number of nitrogens with two attached hydrogens (primary N) is 1. The van der Waals surface area contributed by atoms with Gasteiger partial charge in [0.15, 0.2) is 11.9 Å². The van der Waals surface area contributed by atoms with Crippen molar-refractivity contribution in [3.05, 3.63) is 12.7 Å². The highest BCUT2D eigenvalue weighted by Crippen LogP contribution is 2.31. The van der Waals surface area contributed by atoms with Crippen LogP contribution < -0.4 is 5.14 Å². The summed E-state index contributed by atoms with van der Waals surface area (Å²) in [5, 5.41) is 33.5. The monoisotopic (exact) mass is 331 g/mol. The zero-order valence-corrected chi connectivity index (χ0v) is 11.8. The van der Waals surface area contributed by atoms with E-state index in [4.69, 9.17) is 15.0 Å². The molecule has 1 aliphatic heterocycles. The molecule has 1 aliphatic rings. The summed E-state index contributed by atoms with van der Waals surface area (Å²) >= 11 is 0. The molecule has 0 spiro atoms. The van der Waals surface area contributed by atoms with Crippen LogP contribution in [0.4, 0.5) is 0 Å². The van der Waals surface area contributed by atoms with Crippen LogP contribution in [0.25, 0.3) is 11.2 Å². The molecular weight excluding hydrogens is 318 g/mol. The van der Waals surface area contributed by atoms with E-state index in [0.29, 0.717) is 0 Å². The zero-order chi connectivity index (χ0) is 16.1. The van der Waals surface area contributed by atoms with Crippen molar-refractivity contribution in [2.45, 2.75) is 29.6 Å². The molecule has 0 bridgehead atoms. The quantitative estimate of drug-likeness (QED) is 0.430. The zero-order valence-electron chi connectivity index (χ0n) is 11.0. The molecule has 2 aromatic rings. The van der Waals surface area contributed by atoms with Gasteiger partial charge in [0.1, 0.15) is 30.2 Å². The summed E-state index contributed by atoms with van der Waals surface area (Å²) in [7, 11) is -4.10. The Kier molecular flexibility index (Phi) is 3.58. The third kappa shape index (κ3) is 2.25. The van der Waals surface area contributed by atoms with Crippen LogP contribution in [0.2, 0.25) is 0 Å². The minimum absolute atomic E-state index is 0.0638. The molecule has 0 aliphatic carbocycles. The maximum absolute atomic E-state index is 11.5. The molecule has 0 aromatic carbocycles. The Bertz CT molecular complexity index is 807. The van der Waals surface area contributed by atoms with Crippen LogP contribution in [-0.4, -0.2) is 68.2 Å². The van der Waals surface area contributed by atoms with Crippen LogP contribution in [0.5, 0.6) is 0 Å². The van der Waals surface area contributed by atoms with Crippen LogP contribution in [0.15, 0.2) is 17.7 Å². The van der Waals surface area contributed by atoms with Crippen LogP contribution >= 0.6 is 0 Å². The Hall–Kier alpha value is -1.70. The van der Waals surface area contributed by atoms with Gasteiger partial charge in [-0.15, -0.1) is 0 Å². The van der Waals surface area contributed by atoms with Crippen molar-refractivity contribution in [3.63, 3.8) is 0 Å². The first-order valence-corrected chi connectivity index (χ1v) is 7.72. The molecule has 5 N–H and O–H groups in total. The largest absolute Gasteiger partial charge is 0.394 e. The number of rotatable bonds is 3. The fourth-order valence-electron chi connectivity index (χ4n) is 2.33. The average Bonchev–Trinajstić information content (AvgIpc) is 3.00. The van der Waals surface area contributed by atoms with E-state index in [1.165, 1.54) is 10.9 Å². The second-order valence-corrected chi connectivity index (χ2v) is 6.25. The van der Waals surface area contributed by atoms with Crippen LogP contribution in [0.3, 0.4) is 0 Å². The molecule has 3 heterocycles. The summed E-state index contributed by atoms with van der Waals surface area (Å²) in [4.78, 5) is 11.4. The summed E-state index contributed by atoms with van der Waals surface area (Å²) in [5.41, 5.74) is -0.0170. The second-order valence-electron chi connectivity index (χ2n) is 4.78. The normalized spacial score (nSPS) is 29.3. The highest BCUT2D eigenvalue weighted by atomic mass is 32.2. The number of primary sulfonamides is 1. The second kappa shape index (κ2) is 5.19. The standard InChI is InChI=1S/C10H13N5O6S/c11-22(19,20)9-5-8(12-2-13-9)15(3-14-5)10-7(18)6(17)4(1-16)21-10/h2-4,6-7,10,16-18H,1H2,(H2,11,19,20)/t4-,6-,7+,10-/m1/s1. The van der Waals surface area contributed by atoms with Gasteiger partial charge in [-0.3, -0.25) is 4.57 Å². The maximum atomic E-state index is 11.5. The van der Waals surface area contributed by atoms with Gasteiger partial charge in [-0.1, -0.05) is 0 Å². The molecule has 12 heteroatoms. The van der Waals surface area contributed by atoms with Crippen LogP contribution in [0.1, 0.15) is 6.23 Å². The smallest absolute Gasteiger partial charge is 0.257 e. The lowest BCUT2D eigenvalue weighted by molar-refractivity contribution is -0.0511. The SMILES string of the molecule is NS(=O)(=O)c1ncnc2c1ncn2[C@@H]1O[C@H](CO)[C@@H](O)[C@@H]1O. The van der Waals surface area contributed by atoms with Crippen LogP contribution in [0, 0.1) is 0 Å². The Morgan fingerprint density at radius 3 is 2.59 bits per heavy atom. The van der Waals surface area contributed by atoms with E-state index in [0.717, 1.165) is 6.33 Å². The third-order valence-electron chi connectivity index (χ3n) is 3.39. The molecule has 0 saturated carbocycles. The first-order chi connectivity index (χ1) is 10.3. The van der Waals surface area contributed by atoms with Crippen molar-refractivity contribution < 1.29 is 28.5 Å². The van der Waals surface area contributed by atoms with E-state index in [1.54, 1.807) is 0 Å². The molecule has 2 aromatic heterocycles. The molecule has 0 unspecified atom stereocenters. The number of aromatic nitrogens is 4. The minimum Gasteiger partial charge on any atom is -0.394 e. The van der Waals surface area contributed by atoms with Crippen LogP contribution in [-0.2, 0) is 14.8 Å². The van der Waals surface area contributed by atoms with Crippen molar-refractivity contribution in [1.29, 1.82) is 0 Å². The third-order valence-corrected chi connectivity index (χ3v) is 4.22. The highest BCUT2D eigenvalue weighted by molar-refractivity contribution is 7.89. The van der Waals surface area contributed by atoms with Gasteiger partial charge >= 0.3 is 0 Å². The number of fused-ring (bicyclic) bond motifs is 1. The van der Waals surface area contributed by atoms with E-state index in [9.17, 15) is 18.6 Å². The predicted octanol–water partition coefficient (Wildman–Crippen LogP) is -2.91. The Morgan fingerprint density at radius 1 is 1.27 bits per heavy atom. The lowest BCUT2D eigenvalue weighted by atomic mass is 10.1. The average molecular weight is 331 g/mol. The number of nitrogens with zero attached hydrogens (tertiary/aromatic N) is 4. The summed E-state index contributed by atoms with van der Waals surface area (Å²) in [6, 6.07) is 0.